The number of benzene rings is 1. The Balaban J connectivity index is 2.28. The highest BCUT2D eigenvalue weighted by Gasteiger charge is 2.00. The van der Waals surface area contributed by atoms with Crippen LogP contribution in [0, 0.1) is 0 Å². The van der Waals surface area contributed by atoms with E-state index in [1.807, 2.05) is 25.4 Å². The van der Waals surface area contributed by atoms with Gasteiger partial charge in [0, 0.05) is 24.4 Å². The normalized spacial score (nSPS) is 10.2. The fourth-order valence-electron chi connectivity index (χ4n) is 1.74. The Hall–Kier alpha value is -1.87. The third-order valence-electron chi connectivity index (χ3n) is 2.59. The maximum atomic E-state index is 5.05. The van der Waals surface area contributed by atoms with Gasteiger partial charge in [0.2, 0.25) is 5.88 Å². The number of nitrogens with one attached hydrogen (secondary N) is 1. The van der Waals surface area contributed by atoms with Crippen LogP contribution in [0.5, 0.6) is 5.88 Å². The predicted molar refractivity (Wildman–Crippen MR) is 69.0 cm³/mol. The summed E-state index contributed by atoms with van der Waals surface area (Å²) in [5.74, 6) is 0.639. The second-order valence-corrected chi connectivity index (χ2v) is 3.82. The average molecular weight is 228 g/mol. The zero-order valence-corrected chi connectivity index (χ0v) is 10.1. The minimum absolute atomic E-state index is 0.639. The minimum Gasteiger partial charge on any atom is -0.481 e. The molecule has 1 N–H and O–H groups in total. The van der Waals surface area contributed by atoms with Crippen molar-refractivity contribution in [3.05, 3.63) is 48.2 Å². The van der Waals surface area contributed by atoms with Gasteiger partial charge in [-0.3, -0.25) is 0 Å². The van der Waals surface area contributed by atoms with Crippen LogP contribution in [0.1, 0.15) is 5.56 Å². The van der Waals surface area contributed by atoms with Gasteiger partial charge in [0.25, 0.3) is 0 Å². The van der Waals surface area contributed by atoms with Crippen LogP contribution in [0.4, 0.5) is 0 Å². The molecule has 1 aromatic carbocycles. The summed E-state index contributed by atoms with van der Waals surface area (Å²) in [6.45, 7) is 0.872. The zero-order chi connectivity index (χ0) is 12.1. The van der Waals surface area contributed by atoms with Crippen LogP contribution in [-0.4, -0.2) is 19.1 Å². The quantitative estimate of drug-likeness (QED) is 0.873. The molecule has 1 aromatic heterocycles. The van der Waals surface area contributed by atoms with Gasteiger partial charge in [-0.15, -0.1) is 0 Å². The molecule has 2 aromatic rings. The summed E-state index contributed by atoms with van der Waals surface area (Å²) in [4.78, 5) is 4.21. The molecule has 0 spiro atoms. The van der Waals surface area contributed by atoms with Crippen LogP contribution in [0.2, 0.25) is 0 Å². The minimum atomic E-state index is 0.639. The Labute approximate surface area is 101 Å². The van der Waals surface area contributed by atoms with E-state index in [0.717, 1.165) is 12.1 Å². The Morgan fingerprint density at radius 3 is 2.71 bits per heavy atom. The summed E-state index contributed by atoms with van der Waals surface area (Å²) >= 11 is 0. The molecule has 0 aliphatic heterocycles. The third-order valence-corrected chi connectivity index (χ3v) is 2.59. The lowest BCUT2D eigenvalue weighted by atomic mass is 10.0. The van der Waals surface area contributed by atoms with Gasteiger partial charge in [-0.05, 0) is 30.3 Å². The van der Waals surface area contributed by atoms with Crippen molar-refractivity contribution in [3.63, 3.8) is 0 Å². The summed E-state index contributed by atoms with van der Waals surface area (Å²) in [6.07, 6.45) is 1.83. The van der Waals surface area contributed by atoms with Crippen LogP contribution in [0.25, 0.3) is 11.1 Å². The van der Waals surface area contributed by atoms with Crippen molar-refractivity contribution in [1.29, 1.82) is 0 Å². The van der Waals surface area contributed by atoms with Crippen molar-refractivity contribution in [2.45, 2.75) is 6.54 Å². The lowest BCUT2D eigenvalue weighted by Gasteiger charge is -2.05. The monoisotopic (exact) mass is 228 g/mol. The molecule has 0 saturated heterocycles. The highest BCUT2D eigenvalue weighted by molar-refractivity contribution is 5.63. The van der Waals surface area contributed by atoms with E-state index in [4.69, 9.17) is 4.74 Å². The van der Waals surface area contributed by atoms with Gasteiger partial charge in [-0.25, -0.2) is 4.98 Å². The van der Waals surface area contributed by atoms with Gasteiger partial charge in [-0.2, -0.15) is 0 Å². The van der Waals surface area contributed by atoms with Gasteiger partial charge in [0.1, 0.15) is 0 Å². The molecule has 17 heavy (non-hydrogen) atoms. The van der Waals surface area contributed by atoms with Crippen molar-refractivity contribution in [2.75, 3.05) is 14.2 Å². The lowest BCUT2D eigenvalue weighted by molar-refractivity contribution is 0.398. The summed E-state index contributed by atoms with van der Waals surface area (Å²) < 4.78 is 5.05. The van der Waals surface area contributed by atoms with Crippen molar-refractivity contribution in [2.24, 2.45) is 0 Å². The second kappa shape index (κ2) is 5.46. The Kier molecular flexibility index (Phi) is 3.73. The first-order chi connectivity index (χ1) is 8.33. The van der Waals surface area contributed by atoms with Gasteiger partial charge in [0.15, 0.2) is 0 Å². The Bertz CT molecular complexity index is 480. The molecule has 0 radical (unpaired) electrons. The number of rotatable bonds is 4. The second-order valence-electron chi connectivity index (χ2n) is 3.82. The fourth-order valence-corrected chi connectivity index (χ4v) is 1.74. The van der Waals surface area contributed by atoms with E-state index in [1.54, 1.807) is 7.11 Å². The average Bonchev–Trinajstić information content (AvgIpc) is 2.40. The molecule has 2 rings (SSSR count). The molecule has 0 aliphatic carbocycles. The van der Waals surface area contributed by atoms with Gasteiger partial charge in [-0.1, -0.05) is 18.2 Å². The smallest absolute Gasteiger partial charge is 0.212 e. The van der Waals surface area contributed by atoms with Crippen LogP contribution in [0.15, 0.2) is 42.6 Å². The third kappa shape index (κ3) is 2.82. The molecule has 3 heteroatoms. The van der Waals surface area contributed by atoms with E-state index in [1.165, 1.54) is 11.1 Å². The molecular formula is C14H16N2O. The topological polar surface area (TPSA) is 34.1 Å². The molecule has 0 aliphatic rings. The summed E-state index contributed by atoms with van der Waals surface area (Å²) in [5.41, 5.74) is 3.54. The molecular weight excluding hydrogens is 212 g/mol. The number of aromatic nitrogens is 1. The SMILES string of the molecule is CNCc1cccc(-c2ccc(OC)nc2)c1. The number of ether oxygens (including phenoxy) is 1. The summed E-state index contributed by atoms with van der Waals surface area (Å²) in [7, 11) is 3.57. The van der Waals surface area contributed by atoms with E-state index in [2.05, 4.69) is 34.6 Å². The molecule has 88 valence electrons. The van der Waals surface area contributed by atoms with Crippen LogP contribution >= 0.6 is 0 Å². The van der Waals surface area contributed by atoms with Gasteiger partial charge < -0.3 is 10.1 Å². The van der Waals surface area contributed by atoms with Crippen molar-refractivity contribution < 1.29 is 4.74 Å². The molecule has 0 unspecified atom stereocenters. The highest BCUT2D eigenvalue weighted by atomic mass is 16.5. The molecule has 0 fully saturated rings. The van der Waals surface area contributed by atoms with E-state index >= 15 is 0 Å². The fraction of sp³-hybridized carbons (Fsp3) is 0.214. The number of nitrogens with zero attached hydrogens (tertiary/aromatic N) is 1. The molecule has 0 atom stereocenters. The number of methoxy groups -OCH3 is 1. The molecule has 1 heterocycles. The van der Waals surface area contributed by atoms with Crippen LogP contribution < -0.4 is 10.1 Å². The Morgan fingerprint density at radius 2 is 2.06 bits per heavy atom. The Morgan fingerprint density at radius 1 is 1.18 bits per heavy atom. The van der Waals surface area contributed by atoms with E-state index in [-0.39, 0.29) is 0 Å². The summed E-state index contributed by atoms with van der Waals surface area (Å²) in [6, 6.07) is 12.3. The first kappa shape index (κ1) is 11.6. The van der Waals surface area contributed by atoms with E-state index in [0.29, 0.717) is 5.88 Å². The molecule has 0 bridgehead atoms. The molecule has 0 saturated carbocycles. The predicted octanol–water partition coefficient (Wildman–Crippen LogP) is 2.48. The van der Waals surface area contributed by atoms with Gasteiger partial charge >= 0.3 is 0 Å². The lowest BCUT2D eigenvalue weighted by Crippen LogP contribution is -2.04. The van der Waals surface area contributed by atoms with E-state index < -0.39 is 0 Å². The van der Waals surface area contributed by atoms with E-state index in [9.17, 15) is 0 Å². The van der Waals surface area contributed by atoms with Crippen molar-refractivity contribution >= 4 is 0 Å². The first-order valence-corrected chi connectivity index (χ1v) is 5.57. The maximum absolute atomic E-state index is 5.05. The first-order valence-electron chi connectivity index (χ1n) is 5.57. The highest BCUT2D eigenvalue weighted by Crippen LogP contribution is 2.21. The molecule has 0 amide bonds. The summed E-state index contributed by atoms with van der Waals surface area (Å²) in [5, 5.41) is 3.15. The molecule has 3 nitrogen and oxygen atoms in total. The zero-order valence-electron chi connectivity index (χ0n) is 10.1. The number of pyridine rings is 1. The number of hydrogen-bond acceptors (Lipinski definition) is 3. The van der Waals surface area contributed by atoms with Crippen LogP contribution in [-0.2, 0) is 6.54 Å². The number of hydrogen-bond donors (Lipinski definition) is 1. The standard InChI is InChI=1S/C14H16N2O/c1-15-9-11-4-3-5-12(8-11)13-6-7-14(17-2)16-10-13/h3-8,10,15H,9H2,1-2H3. The largest absolute Gasteiger partial charge is 0.481 e. The maximum Gasteiger partial charge on any atom is 0.212 e. The van der Waals surface area contributed by atoms with Crippen molar-refractivity contribution in [3.8, 4) is 17.0 Å². The van der Waals surface area contributed by atoms with Crippen LogP contribution in [0.3, 0.4) is 0 Å². The van der Waals surface area contributed by atoms with Crippen molar-refractivity contribution in [1.82, 2.24) is 10.3 Å². The van der Waals surface area contributed by atoms with Gasteiger partial charge in [0.05, 0.1) is 7.11 Å².